The number of halogens is 4. The van der Waals surface area contributed by atoms with Crippen LogP contribution in [0.15, 0.2) is 159 Å². The van der Waals surface area contributed by atoms with Crippen LogP contribution in [-0.4, -0.2) is 64.9 Å². The number of nitrogen functional groups attached to an aromatic ring is 1. The fraction of sp³-hybridized carbons (Fsp3) is 0.140. The van der Waals surface area contributed by atoms with Gasteiger partial charge in [-0.25, -0.2) is 52.3 Å². The number of nitrogens with one attached hydrogen (secondary N) is 2. The fourth-order valence-corrected chi connectivity index (χ4v) is 7.57. The maximum Gasteiger partial charge on any atom is 0.323 e. The van der Waals surface area contributed by atoms with Gasteiger partial charge in [-0.1, -0.05) is 39.1 Å². The summed E-state index contributed by atoms with van der Waals surface area (Å²) in [4.78, 5) is 48.1. The number of nitrogens with zero attached hydrogens (tertiary/aromatic N) is 9. The zero-order valence-corrected chi connectivity index (χ0v) is 39.4. The molecule has 6 heterocycles. The summed E-state index contributed by atoms with van der Waals surface area (Å²) in [5.74, 6) is -2.51. The molecule has 376 valence electrons. The summed E-state index contributed by atoms with van der Waals surface area (Å²) in [6.07, 6.45) is 6.43. The SMILES string of the molecule is C.C.CNCc1ccccn1.Cc1ncnc2ccc(-c3cc(F)c(N)nc3-c3ccc(F)cc3)cc12.Cc1ncnc2ccc(-c3cc(F)c(NC(=O)N(C)Cc4ccccn4)nc3-c3ccc(F)cc3)cc12. The predicted molar refractivity (Wildman–Crippen MR) is 285 cm³/mol. The number of nitrogens with two attached hydrogens (primary N) is 1. The summed E-state index contributed by atoms with van der Waals surface area (Å²) in [7, 11) is 3.49. The molecule has 74 heavy (non-hydrogen) atoms. The number of pyridine rings is 4. The highest BCUT2D eigenvalue weighted by Gasteiger charge is 2.20. The average Bonchev–Trinajstić information content (AvgIpc) is 3.39. The predicted octanol–water partition coefficient (Wildman–Crippen LogP) is 12.6. The smallest absolute Gasteiger partial charge is 0.323 e. The Bertz CT molecular complexity index is 3500. The summed E-state index contributed by atoms with van der Waals surface area (Å²) < 4.78 is 56.4. The second-order valence-electron chi connectivity index (χ2n) is 16.3. The van der Waals surface area contributed by atoms with E-state index in [4.69, 9.17) is 5.73 Å². The number of anilines is 2. The highest BCUT2D eigenvalue weighted by molar-refractivity contribution is 5.93. The first-order chi connectivity index (χ1) is 34.8. The Balaban J connectivity index is 0.000000209. The number of urea groups is 1. The van der Waals surface area contributed by atoms with Crippen LogP contribution in [0.4, 0.5) is 34.0 Å². The fourth-order valence-electron chi connectivity index (χ4n) is 7.57. The molecule has 0 radical (unpaired) electrons. The van der Waals surface area contributed by atoms with E-state index in [0.717, 1.165) is 51.0 Å². The standard InChI is InChI=1S/C28H22F2N6O.C20H14F2N4.C7H10N2.2CH4/c1-17-22-13-19(8-11-25(22)33-16-32-17)23-14-24(30)27(34-26(23)18-6-9-20(29)10-7-18)35-28(37)36(2)15-21-5-3-4-12-31-21;1-11-15-8-13(4-7-18(15)25-10-24-11)16-9-17(22)20(23)26-19(16)12-2-5-14(21)6-3-12;1-8-6-7-4-2-3-5-9-7;;/h3-14,16H,15H2,1-2H3,(H,34,35,37);2-10H,1H3,(H2,23,26);2-5,8H,6H2,1H3;2*1H4. The molecule has 10 rings (SSSR count). The van der Waals surface area contributed by atoms with Crippen LogP contribution >= 0.6 is 0 Å². The van der Waals surface area contributed by atoms with E-state index in [1.165, 1.54) is 54.0 Å². The highest BCUT2D eigenvalue weighted by Crippen LogP contribution is 2.37. The third-order valence-electron chi connectivity index (χ3n) is 11.3. The minimum atomic E-state index is -0.707. The summed E-state index contributed by atoms with van der Waals surface area (Å²) in [5, 5.41) is 7.26. The highest BCUT2D eigenvalue weighted by atomic mass is 19.1. The zero-order chi connectivity index (χ0) is 50.7. The van der Waals surface area contributed by atoms with Crippen LogP contribution in [0.3, 0.4) is 0 Å². The molecule has 17 heteroatoms. The van der Waals surface area contributed by atoms with Crippen LogP contribution in [0.1, 0.15) is 37.6 Å². The maximum absolute atomic E-state index is 15.3. The molecule has 0 bridgehead atoms. The van der Waals surface area contributed by atoms with Crippen molar-refractivity contribution in [2.24, 2.45) is 0 Å². The molecule has 0 fully saturated rings. The van der Waals surface area contributed by atoms with Crippen LogP contribution in [0.5, 0.6) is 0 Å². The lowest BCUT2D eigenvalue weighted by molar-refractivity contribution is 0.220. The number of aryl methyl sites for hydroxylation is 2. The second kappa shape index (κ2) is 24.8. The van der Waals surface area contributed by atoms with Crippen LogP contribution in [0, 0.1) is 37.1 Å². The van der Waals surface area contributed by atoms with Gasteiger partial charge in [-0.3, -0.25) is 15.3 Å². The Labute approximate surface area is 426 Å². The van der Waals surface area contributed by atoms with Gasteiger partial charge < -0.3 is 16.0 Å². The second-order valence-corrected chi connectivity index (χ2v) is 16.3. The zero-order valence-electron chi connectivity index (χ0n) is 39.4. The Morgan fingerprint density at radius 1 is 0.568 bits per heavy atom. The van der Waals surface area contributed by atoms with E-state index in [1.807, 2.05) is 81.6 Å². The molecule has 10 aromatic rings. The van der Waals surface area contributed by atoms with Crippen molar-refractivity contribution in [2.75, 3.05) is 25.1 Å². The number of benzene rings is 4. The van der Waals surface area contributed by atoms with Crippen molar-refractivity contribution in [1.82, 2.24) is 50.1 Å². The molecular formula is C57H54F4N12O. The number of hydrogen-bond acceptors (Lipinski definition) is 11. The number of aromatic nitrogens is 8. The molecule has 0 aliphatic heterocycles. The van der Waals surface area contributed by atoms with Gasteiger partial charge in [0, 0.05) is 70.4 Å². The lowest BCUT2D eigenvalue weighted by Gasteiger charge is -2.19. The number of rotatable bonds is 9. The quantitative estimate of drug-likeness (QED) is 0.117. The van der Waals surface area contributed by atoms with Gasteiger partial charge >= 0.3 is 6.03 Å². The van der Waals surface area contributed by atoms with Crippen molar-refractivity contribution in [3.05, 3.63) is 205 Å². The van der Waals surface area contributed by atoms with Crippen molar-refractivity contribution in [2.45, 2.75) is 41.8 Å². The number of carbonyl (C=O) groups excluding carboxylic acids is 1. The van der Waals surface area contributed by atoms with Crippen LogP contribution < -0.4 is 16.4 Å². The van der Waals surface area contributed by atoms with Crippen LogP contribution in [0.25, 0.3) is 66.6 Å². The molecule has 0 aliphatic rings. The minimum absolute atomic E-state index is 0. The van der Waals surface area contributed by atoms with Gasteiger partial charge in [-0.05, 0) is 141 Å². The van der Waals surface area contributed by atoms with Crippen molar-refractivity contribution >= 4 is 39.5 Å². The first-order valence-corrected chi connectivity index (χ1v) is 22.4. The molecule has 13 nitrogen and oxygen atoms in total. The van der Waals surface area contributed by atoms with Gasteiger partial charge in [0.15, 0.2) is 23.3 Å². The van der Waals surface area contributed by atoms with Crippen LogP contribution in [0.2, 0.25) is 0 Å². The third kappa shape index (κ3) is 13.1. The molecule has 0 unspecified atom stereocenters. The number of hydrogen-bond donors (Lipinski definition) is 3. The van der Waals surface area contributed by atoms with Crippen molar-refractivity contribution in [3.8, 4) is 44.8 Å². The molecule has 0 saturated heterocycles. The molecule has 0 aliphatic carbocycles. The molecule has 2 amide bonds. The van der Waals surface area contributed by atoms with E-state index in [2.05, 4.69) is 50.5 Å². The van der Waals surface area contributed by atoms with Crippen LogP contribution in [-0.2, 0) is 13.1 Å². The Hall–Kier alpha value is -9.09. The van der Waals surface area contributed by atoms with E-state index < -0.39 is 23.5 Å². The Morgan fingerprint density at radius 3 is 1.53 bits per heavy atom. The molecular weight excluding hydrogens is 945 g/mol. The van der Waals surface area contributed by atoms with E-state index in [9.17, 15) is 18.0 Å². The van der Waals surface area contributed by atoms with Gasteiger partial charge in [0.2, 0.25) is 0 Å². The number of amides is 2. The average molecular weight is 999 g/mol. The van der Waals surface area contributed by atoms with Gasteiger partial charge in [0.1, 0.15) is 24.3 Å². The minimum Gasteiger partial charge on any atom is -0.381 e. The molecule has 4 N–H and O–H groups in total. The summed E-state index contributed by atoms with van der Waals surface area (Å²) in [6, 6.07) is 36.1. The topological polar surface area (TPSA) is 174 Å². The first kappa shape index (κ1) is 54.2. The van der Waals surface area contributed by atoms with Gasteiger partial charge in [0.25, 0.3) is 0 Å². The van der Waals surface area contributed by atoms with Crippen molar-refractivity contribution < 1.29 is 22.4 Å². The first-order valence-electron chi connectivity index (χ1n) is 22.4. The third-order valence-corrected chi connectivity index (χ3v) is 11.3. The van der Waals surface area contributed by atoms with E-state index in [0.29, 0.717) is 44.9 Å². The maximum atomic E-state index is 15.3. The largest absolute Gasteiger partial charge is 0.381 e. The lowest BCUT2D eigenvalue weighted by atomic mass is 9.97. The van der Waals surface area contributed by atoms with Crippen molar-refractivity contribution in [1.29, 1.82) is 0 Å². The molecule has 0 atom stereocenters. The number of carbonyl (C=O) groups is 1. The molecule has 0 spiro atoms. The van der Waals surface area contributed by atoms with Crippen molar-refractivity contribution in [3.63, 3.8) is 0 Å². The monoisotopic (exact) mass is 998 g/mol. The van der Waals surface area contributed by atoms with E-state index >= 15 is 4.39 Å². The molecule has 0 saturated carbocycles. The van der Waals surface area contributed by atoms with E-state index in [-0.39, 0.29) is 38.9 Å². The summed E-state index contributed by atoms with van der Waals surface area (Å²) >= 11 is 0. The summed E-state index contributed by atoms with van der Waals surface area (Å²) in [5.41, 5.74) is 15.2. The molecule has 4 aromatic carbocycles. The molecule has 6 aromatic heterocycles. The Morgan fingerprint density at radius 2 is 1.04 bits per heavy atom. The van der Waals surface area contributed by atoms with Gasteiger partial charge in [0.05, 0.1) is 40.4 Å². The lowest BCUT2D eigenvalue weighted by Crippen LogP contribution is -2.31. The normalized spacial score (nSPS) is 10.5. The van der Waals surface area contributed by atoms with E-state index in [1.54, 1.807) is 55.8 Å². The van der Waals surface area contributed by atoms with Gasteiger partial charge in [-0.15, -0.1) is 0 Å². The Kier molecular flexibility index (Phi) is 18.2. The van der Waals surface area contributed by atoms with Gasteiger partial charge in [-0.2, -0.15) is 0 Å². The summed E-state index contributed by atoms with van der Waals surface area (Å²) in [6.45, 7) is 4.83. The number of fused-ring (bicyclic) bond motifs is 2.